The Bertz CT molecular complexity index is 832. The first-order valence-electron chi connectivity index (χ1n) is 16.0. The van der Waals surface area contributed by atoms with Gasteiger partial charge in [-0.1, -0.05) is 40.0 Å². The second kappa shape index (κ2) is 14.3. The van der Waals surface area contributed by atoms with Gasteiger partial charge in [-0.25, -0.2) is 0 Å². The highest BCUT2D eigenvalue weighted by Gasteiger charge is 2.28. The molecule has 0 bridgehead atoms. The van der Waals surface area contributed by atoms with Crippen molar-refractivity contribution in [2.24, 2.45) is 35.5 Å². The van der Waals surface area contributed by atoms with Crippen molar-refractivity contribution in [2.75, 3.05) is 16.0 Å². The molecular formula is C33H51N3O3. The minimum absolute atomic E-state index is 0.0200. The molecule has 0 radical (unpaired) electrons. The highest BCUT2D eigenvalue weighted by molar-refractivity contribution is 5.99. The van der Waals surface area contributed by atoms with E-state index in [-0.39, 0.29) is 35.5 Å². The van der Waals surface area contributed by atoms with Gasteiger partial charge in [-0.2, -0.15) is 0 Å². The lowest BCUT2D eigenvalue weighted by atomic mass is 9.80. The second-order valence-electron chi connectivity index (χ2n) is 12.6. The van der Waals surface area contributed by atoms with Crippen molar-refractivity contribution in [1.29, 1.82) is 0 Å². The average molecular weight is 538 g/mol. The van der Waals surface area contributed by atoms with Crippen molar-refractivity contribution in [3.05, 3.63) is 18.2 Å². The Balaban J connectivity index is 1.45. The number of anilines is 3. The van der Waals surface area contributed by atoms with Gasteiger partial charge in [0.2, 0.25) is 17.7 Å². The van der Waals surface area contributed by atoms with Gasteiger partial charge in [0.1, 0.15) is 0 Å². The number of hydrogen-bond donors (Lipinski definition) is 3. The van der Waals surface area contributed by atoms with Gasteiger partial charge in [-0.05, 0) is 113 Å². The molecule has 39 heavy (non-hydrogen) atoms. The summed E-state index contributed by atoms with van der Waals surface area (Å²) < 4.78 is 0. The summed E-state index contributed by atoms with van der Waals surface area (Å²) in [6.07, 6.45) is 15.7. The van der Waals surface area contributed by atoms with E-state index in [0.717, 1.165) is 94.8 Å². The van der Waals surface area contributed by atoms with E-state index in [2.05, 4.69) is 36.7 Å². The molecule has 3 saturated carbocycles. The zero-order chi connectivity index (χ0) is 27.8. The fourth-order valence-electron chi connectivity index (χ4n) is 7.08. The third-order valence-corrected chi connectivity index (χ3v) is 10.1. The smallest absolute Gasteiger partial charge is 0.227 e. The molecule has 0 aromatic heterocycles. The van der Waals surface area contributed by atoms with Crippen molar-refractivity contribution in [1.82, 2.24) is 0 Å². The van der Waals surface area contributed by atoms with Crippen LogP contribution in [0.1, 0.15) is 117 Å². The van der Waals surface area contributed by atoms with E-state index < -0.39 is 0 Å². The number of benzene rings is 1. The standard InChI is InChI=1S/C33H51N3O3/c1-4-22-7-13-25(14-8-22)31(37)34-28-19-29(35-32(38)26-15-9-23(5-2)10-16-26)21-30(20-28)36-33(39)27-17-11-24(6-3)12-18-27/h19-27H,4-18H2,1-3H3,(H,34,37)(H,35,38)(H,36,39). The van der Waals surface area contributed by atoms with Crippen LogP contribution in [0.25, 0.3) is 0 Å². The summed E-state index contributed by atoms with van der Waals surface area (Å²) in [7, 11) is 0. The molecule has 3 N–H and O–H groups in total. The summed E-state index contributed by atoms with van der Waals surface area (Å²) in [5.41, 5.74) is 1.90. The Labute approximate surface area is 235 Å². The molecule has 0 spiro atoms. The van der Waals surface area contributed by atoms with Crippen molar-refractivity contribution >= 4 is 34.8 Å². The van der Waals surface area contributed by atoms with Gasteiger partial charge < -0.3 is 16.0 Å². The Hall–Kier alpha value is -2.37. The van der Waals surface area contributed by atoms with Crippen LogP contribution in [-0.2, 0) is 14.4 Å². The highest BCUT2D eigenvalue weighted by Crippen LogP contribution is 2.35. The highest BCUT2D eigenvalue weighted by atomic mass is 16.2. The average Bonchev–Trinajstić information content (AvgIpc) is 2.97. The SMILES string of the molecule is CCC1CCC(C(=O)Nc2cc(NC(=O)C3CCC(CC)CC3)cc(NC(=O)C3CCC(CC)CC3)c2)CC1. The number of carbonyl (C=O) groups excluding carboxylic acids is 3. The van der Waals surface area contributed by atoms with Crippen LogP contribution in [0.15, 0.2) is 18.2 Å². The predicted molar refractivity (Wildman–Crippen MR) is 160 cm³/mol. The van der Waals surface area contributed by atoms with Crippen molar-refractivity contribution in [3.63, 3.8) is 0 Å². The van der Waals surface area contributed by atoms with E-state index in [1.54, 1.807) is 0 Å². The first-order valence-corrected chi connectivity index (χ1v) is 16.0. The lowest BCUT2D eigenvalue weighted by Gasteiger charge is -2.28. The molecule has 216 valence electrons. The molecular weight excluding hydrogens is 486 g/mol. The number of hydrogen-bond acceptors (Lipinski definition) is 3. The molecule has 0 unspecified atom stereocenters. The minimum atomic E-state index is 0.0200. The third-order valence-electron chi connectivity index (χ3n) is 10.1. The maximum absolute atomic E-state index is 13.2. The summed E-state index contributed by atoms with van der Waals surface area (Å²) in [5, 5.41) is 9.35. The fraction of sp³-hybridized carbons (Fsp3) is 0.727. The number of amides is 3. The van der Waals surface area contributed by atoms with Crippen LogP contribution in [0.2, 0.25) is 0 Å². The van der Waals surface area contributed by atoms with Gasteiger partial charge in [-0.3, -0.25) is 14.4 Å². The summed E-state index contributed by atoms with van der Waals surface area (Å²) in [4.78, 5) is 39.5. The zero-order valence-electron chi connectivity index (χ0n) is 24.5. The Kier molecular flexibility index (Phi) is 10.9. The molecule has 1 aromatic carbocycles. The molecule has 0 heterocycles. The van der Waals surface area contributed by atoms with Crippen LogP contribution >= 0.6 is 0 Å². The van der Waals surface area contributed by atoms with Crippen LogP contribution in [-0.4, -0.2) is 17.7 Å². The molecule has 0 aliphatic heterocycles. The van der Waals surface area contributed by atoms with E-state index in [1.807, 2.05) is 18.2 Å². The number of nitrogens with one attached hydrogen (secondary N) is 3. The summed E-state index contributed by atoms with van der Waals surface area (Å²) in [6, 6.07) is 5.52. The first kappa shape index (κ1) is 29.6. The third kappa shape index (κ3) is 8.31. The lowest BCUT2D eigenvalue weighted by Crippen LogP contribution is -2.29. The van der Waals surface area contributed by atoms with Crippen LogP contribution in [0.4, 0.5) is 17.1 Å². The maximum atomic E-state index is 13.2. The molecule has 3 aliphatic rings. The quantitative estimate of drug-likeness (QED) is 0.297. The number of carbonyl (C=O) groups is 3. The van der Waals surface area contributed by atoms with E-state index in [0.29, 0.717) is 17.1 Å². The molecule has 4 rings (SSSR count). The fourth-order valence-corrected chi connectivity index (χ4v) is 7.08. The Morgan fingerprint density at radius 1 is 0.487 bits per heavy atom. The second-order valence-corrected chi connectivity index (χ2v) is 12.6. The molecule has 3 amide bonds. The largest absolute Gasteiger partial charge is 0.326 e. The Morgan fingerprint density at radius 2 is 0.718 bits per heavy atom. The molecule has 6 heteroatoms. The maximum Gasteiger partial charge on any atom is 0.227 e. The molecule has 3 fully saturated rings. The molecule has 6 nitrogen and oxygen atoms in total. The summed E-state index contributed by atoms with van der Waals surface area (Å²) >= 11 is 0. The first-order chi connectivity index (χ1) is 18.9. The van der Waals surface area contributed by atoms with E-state index >= 15 is 0 Å². The summed E-state index contributed by atoms with van der Waals surface area (Å²) in [6.45, 7) is 6.68. The topological polar surface area (TPSA) is 87.3 Å². The van der Waals surface area contributed by atoms with E-state index in [4.69, 9.17) is 0 Å². The predicted octanol–water partition coefficient (Wildman–Crippen LogP) is 8.15. The van der Waals surface area contributed by atoms with Crippen molar-refractivity contribution < 1.29 is 14.4 Å². The van der Waals surface area contributed by atoms with E-state index in [1.165, 1.54) is 19.3 Å². The minimum Gasteiger partial charge on any atom is -0.326 e. The van der Waals surface area contributed by atoms with Gasteiger partial charge in [0.15, 0.2) is 0 Å². The van der Waals surface area contributed by atoms with Crippen LogP contribution in [0.3, 0.4) is 0 Å². The monoisotopic (exact) mass is 537 g/mol. The molecule has 3 aliphatic carbocycles. The molecule has 1 aromatic rings. The molecule has 0 atom stereocenters. The zero-order valence-corrected chi connectivity index (χ0v) is 24.5. The van der Waals surface area contributed by atoms with Gasteiger partial charge in [-0.15, -0.1) is 0 Å². The van der Waals surface area contributed by atoms with Gasteiger partial charge >= 0.3 is 0 Å². The number of rotatable bonds is 9. The Morgan fingerprint density at radius 3 is 0.923 bits per heavy atom. The van der Waals surface area contributed by atoms with E-state index in [9.17, 15) is 14.4 Å². The van der Waals surface area contributed by atoms with Crippen molar-refractivity contribution in [2.45, 2.75) is 117 Å². The lowest BCUT2D eigenvalue weighted by molar-refractivity contribution is -0.121. The van der Waals surface area contributed by atoms with Gasteiger partial charge in [0, 0.05) is 34.8 Å². The van der Waals surface area contributed by atoms with Crippen LogP contribution < -0.4 is 16.0 Å². The van der Waals surface area contributed by atoms with Crippen LogP contribution in [0.5, 0.6) is 0 Å². The van der Waals surface area contributed by atoms with Crippen molar-refractivity contribution in [3.8, 4) is 0 Å². The summed E-state index contributed by atoms with van der Waals surface area (Å²) in [5.74, 6) is 2.38. The van der Waals surface area contributed by atoms with Gasteiger partial charge in [0.05, 0.1) is 0 Å². The van der Waals surface area contributed by atoms with Crippen LogP contribution in [0, 0.1) is 35.5 Å². The van der Waals surface area contributed by atoms with Gasteiger partial charge in [0.25, 0.3) is 0 Å². The normalized spacial score (nSPS) is 29.3. The molecule has 0 saturated heterocycles.